The van der Waals surface area contributed by atoms with Crippen LogP contribution in [0.4, 0.5) is 31.8 Å². The predicted octanol–water partition coefficient (Wildman–Crippen LogP) is 8.38. The molecule has 20 heteroatoms. The van der Waals surface area contributed by atoms with E-state index in [0.29, 0.717) is 74.4 Å². The maximum Gasteiger partial charge on any atom is 0.296 e. The normalized spacial score (nSPS) is 21.2. The van der Waals surface area contributed by atoms with Gasteiger partial charge in [0.1, 0.15) is 23.3 Å². The van der Waals surface area contributed by atoms with Crippen LogP contribution in [0.1, 0.15) is 63.5 Å². The monoisotopic (exact) mass is 1010 g/mol. The molecule has 0 aliphatic carbocycles. The minimum absolute atomic E-state index is 0.216. The van der Waals surface area contributed by atoms with E-state index in [1.54, 1.807) is 36.5 Å². The molecule has 4 saturated heterocycles. The molecule has 0 spiro atoms. The first-order valence-electron chi connectivity index (χ1n) is 22.8. The summed E-state index contributed by atoms with van der Waals surface area (Å²) >= 11 is 24.6. The van der Waals surface area contributed by atoms with Gasteiger partial charge in [-0.1, -0.05) is 72.4 Å². The number of piperazine rings is 2. The third kappa shape index (κ3) is 13.3. The van der Waals surface area contributed by atoms with Crippen LogP contribution in [0, 0.1) is 11.6 Å². The molecule has 2 aromatic carbocycles. The average molecular weight is 1010 g/mol. The van der Waals surface area contributed by atoms with Crippen LogP contribution in [0.5, 0.6) is 0 Å². The number of anilines is 4. The fourth-order valence-corrected chi connectivity index (χ4v) is 11.3. The number of piperidine rings is 2. The summed E-state index contributed by atoms with van der Waals surface area (Å²) in [5.74, 6) is 1.01. The van der Waals surface area contributed by atoms with Crippen LogP contribution in [0.15, 0.2) is 60.9 Å². The number of nitrogens with one attached hydrogen (secondary N) is 1. The molecule has 360 valence electrons. The van der Waals surface area contributed by atoms with Gasteiger partial charge in [0.2, 0.25) is 0 Å². The second-order valence-corrected chi connectivity index (χ2v) is 20.7. The Hall–Kier alpha value is -3.29. The van der Waals surface area contributed by atoms with Crippen molar-refractivity contribution in [2.75, 3.05) is 85.7 Å². The van der Waals surface area contributed by atoms with E-state index in [-0.39, 0.29) is 17.3 Å². The number of pyridine rings is 2. The van der Waals surface area contributed by atoms with Gasteiger partial charge in [-0.2, -0.15) is 8.42 Å². The van der Waals surface area contributed by atoms with E-state index in [1.807, 2.05) is 0 Å². The first-order chi connectivity index (χ1) is 31.6. The molecular weight excluding hydrogens is 950 g/mol. The van der Waals surface area contributed by atoms with Gasteiger partial charge in [0.25, 0.3) is 10.2 Å². The van der Waals surface area contributed by atoms with E-state index in [9.17, 15) is 17.2 Å². The summed E-state index contributed by atoms with van der Waals surface area (Å²) in [5, 5.41) is 6.89. The number of halogens is 6. The number of nitrogen functional groups attached to an aromatic ring is 1. The average Bonchev–Trinajstić information content (AvgIpc) is 3.28. The van der Waals surface area contributed by atoms with Crippen molar-refractivity contribution >= 4 is 79.6 Å². The van der Waals surface area contributed by atoms with Gasteiger partial charge in [0.05, 0.1) is 33.8 Å². The first kappa shape index (κ1) is 50.6. The van der Waals surface area contributed by atoms with Crippen LogP contribution in [-0.4, -0.2) is 128 Å². The first-order valence-corrected chi connectivity index (χ1v) is 25.8. The molecule has 2 aromatic heterocycles. The van der Waals surface area contributed by atoms with E-state index >= 15 is 0 Å². The lowest BCUT2D eigenvalue weighted by Crippen LogP contribution is -2.58. The van der Waals surface area contributed by atoms with E-state index in [2.05, 4.69) is 57.9 Å². The lowest BCUT2D eigenvalue weighted by molar-refractivity contribution is 0.0607. The number of aromatic nitrogens is 2. The SMILES string of the molecule is CC[C@H]1CN(c2ncc(N)cc2Cl)CCN1C1CCN(Cc2ccc(Cl)cc2F)CC1.CC[C@H]1CN(c2ncc(NS(N)(=O)=O)cc2Cl)CCN1C1CCN(Cc2ccc(Cl)cc2F)CC1. The molecule has 0 radical (unpaired) electrons. The van der Waals surface area contributed by atoms with Gasteiger partial charge in [0.15, 0.2) is 0 Å². The molecule has 4 aliphatic rings. The molecule has 13 nitrogen and oxygen atoms in total. The highest BCUT2D eigenvalue weighted by Gasteiger charge is 2.36. The third-order valence-corrected chi connectivity index (χ3v) is 14.9. The van der Waals surface area contributed by atoms with E-state index in [0.717, 1.165) is 115 Å². The highest BCUT2D eigenvalue weighted by molar-refractivity contribution is 7.90. The molecule has 66 heavy (non-hydrogen) atoms. The summed E-state index contributed by atoms with van der Waals surface area (Å²) in [6.07, 6.45) is 9.47. The van der Waals surface area contributed by atoms with Gasteiger partial charge >= 0.3 is 0 Å². The maximum atomic E-state index is 14.2. The van der Waals surface area contributed by atoms with Crippen molar-refractivity contribution in [1.29, 1.82) is 0 Å². The summed E-state index contributed by atoms with van der Waals surface area (Å²) in [4.78, 5) is 23.2. The second kappa shape index (κ2) is 22.9. The number of nitrogens with two attached hydrogens (primary N) is 2. The fourth-order valence-electron chi connectivity index (χ4n) is 9.97. The van der Waals surface area contributed by atoms with Gasteiger partial charge in [0, 0.05) is 97.7 Å². The van der Waals surface area contributed by atoms with Gasteiger partial charge < -0.3 is 15.5 Å². The summed E-state index contributed by atoms with van der Waals surface area (Å²) in [6.45, 7) is 14.8. The molecule has 5 N–H and O–H groups in total. The topological polar surface area (TPSA) is 143 Å². The Morgan fingerprint density at radius 3 is 1.48 bits per heavy atom. The van der Waals surface area contributed by atoms with Crippen molar-refractivity contribution < 1.29 is 17.2 Å². The van der Waals surface area contributed by atoms with Gasteiger partial charge in [-0.05, 0) is 101 Å². The second-order valence-electron chi connectivity index (χ2n) is 17.7. The maximum absolute atomic E-state index is 14.2. The van der Waals surface area contributed by atoms with Gasteiger partial charge in [-0.3, -0.25) is 24.3 Å². The van der Waals surface area contributed by atoms with E-state index in [4.69, 9.17) is 57.3 Å². The lowest BCUT2D eigenvalue weighted by atomic mass is 9.97. The summed E-state index contributed by atoms with van der Waals surface area (Å²) < 4.78 is 53.1. The number of rotatable bonds is 12. The molecule has 0 bridgehead atoms. The number of nitrogens with zero attached hydrogens (tertiary/aromatic N) is 8. The molecule has 4 aromatic rings. The lowest BCUT2D eigenvalue weighted by Gasteiger charge is -2.47. The summed E-state index contributed by atoms with van der Waals surface area (Å²) in [7, 11) is -3.89. The highest BCUT2D eigenvalue weighted by atomic mass is 35.5. The van der Waals surface area contributed by atoms with E-state index < -0.39 is 10.2 Å². The molecular formula is C46H61Cl4F2N11O2S. The Morgan fingerprint density at radius 2 is 1.09 bits per heavy atom. The molecule has 8 rings (SSSR count). The summed E-state index contributed by atoms with van der Waals surface area (Å²) in [6, 6.07) is 15.0. The van der Waals surface area contributed by atoms with Crippen molar-refractivity contribution in [1.82, 2.24) is 29.6 Å². The molecule has 2 atom stereocenters. The van der Waals surface area contributed by atoms with Crippen molar-refractivity contribution in [3.8, 4) is 0 Å². The largest absolute Gasteiger partial charge is 0.397 e. The zero-order valence-electron chi connectivity index (χ0n) is 37.5. The highest BCUT2D eigenvalue weighted by Crippen LogP contribution is 2.33. The zero-order chi connectivity index (χ0) is 47.1. The number of hydrogen-bond acceptors (Lipinski definition) is 11. The Labute approximate surface area is 408 Å². The number of hydrogen-bond donors (Lipinski definition) is 3. The Morgan fingerprint density at radius 1 is 0.652 bits per heavy atom. The standard InChI is InChI=1S/C23H31Cl2FN6O2S.C23H30Cl2FN5/c1-2-19-15-31(23-21(25)12-18(13-28-23)29-35(27,33)34)9-10-32(19)20-5-7-30(8-6-20)14-16-3-4-17(24)11-22(16)26;1-2-19-15-30(23-21(25)12-18(27)13-28-23)9-10-31(19)20-5-7-29(8-6-20)14-16-3-4-17(24)11-22(16)26/h3-4,11-13,19-20,29H,2,5-10,14-15H2,1H3,(H2,27,33,34);3-4,11-13,19-20H,2,5-10,14-15,27H2,1H3/t2*19-/m00/s1. The molecule has 0 saturated carbocycles. The molecule has 0 amide bonds. The van der Waals surface area contributed by atoms with Crippen molar-refractivity contribution in [2.45, 2.75) is 89.6 Å². The van der Waals surface area contributed by atoms with Crippen molar-refractivity contribution in [2.24, 2.45) is 5.14 Å². The smallest absolute Gasteiger partial charge is 0.296 e. The Kier molecular flexibility index (Phi) is 17.5. The Bertz CT molecular complexity index is 2380. The van der Waals surface area contributed by atoms with Crippen LogP contribution in [0.3, 0.4) is 0 Å². The van der Waals surface area contributed by atoms with Crippen LogP contribution >= 0.6 is 46.4 Å². The fraction of sp³-hybridized carbons (Fsp3) is 0.522. The molecule has 4 aliphatic heterocycles. The quantitative estimate of drug-likeness (QED) is 0.126. The Balaban J connectivity index is 0.000000198. The predicted molar refractivity (Wildman–Crippen MR) is 265 cm³/mol. The molecule has 4 fully saturated rings. The third-order valence-electron chi connectivity index (χ3n) is 13.4. The minimum atomic E-state index is -3.89. The van der Waals surface area contributed by atoms with Gasteiger partial charge in [-0.25, -0.2) is 23.9 Å². The van der Waals surface area contributed by atoms with Crippen molar-refractivity contribution in [3.05, 3.63) is 104 Å². The van der Waals surface area contributed by atoms with E-state index in [1.165, 1.54) is 24.4 Å². The van der Waals surface area contributed by atoms with Crippen LogP contribution in [0.25, 0.3) is 0 Å². The molecule has 6 heterocycles. The zero-order valence-corrected chi connectivity index (χ0v) is 41.4. The van der Waals surface area contributed by atoms with Crippen LogP contribution < -0.4 is 25.4 Å². The number of likely N-dealkylation sites (tertiary alicyclic amines) is 2. The minimum Gasteiger partial charge on any atom is -0.397 e. The summed E-state index contributed by atoms with van der Waals surface area (Å²) in [5.41, 5.74) is 8.02. The van der Waals surface area contributed by atoms with Gasteiger partial charge in [-0.15, -0.1) is 0 Å². The molecule has 0 unspecified atom stereocenters. The van der Waals surface area contributed by atoms with Crippen LogP contribution in [0.2, 0.25) is 20.1 Å². The van der Waals surface area contributed by atoms with Crippen LogP contribution in [-0.2, 0) is 23.3 Å². The number of benzene rings is 2. The van der Waals surface area contributed by atoms with Crippen molar-refractivity contribution in [3.63, 3.8) is 0 Å².